The highest BCUT2D eigenvalue weighted by Crippen LogP contribution is 2.31. The molecule has 2 aromatic heterocycles. The van der Waals surface area contributed by atoms with Crippen LogP contribution in [0.5, 0.6) is 0 Å². The molecule has 0 saturated carbocycles. The highest BCUT2D eigenvalue weighted by molar-refractivity contribution is 6.30. The Morgan fingerprint density at radius 3 is 2.06 bits per heavy atom. The predicted molar refractivity (Wildman–Crippen MR) is 127 cm³/mol. The molecule has 0 bridgehead atoms. The molecule has 0 radical (unpaired) electrons. The van der Waals surface area contributed by atoms with Crippen LogP contribution in [0.3, 0.4) is 0 Å². The van der Waals surface area contributed by atoms with Crippen molar-refractivity contribution in [3.8, 4) is 11.3 Å². The summed E-state index contributed by atoms with van der Waals surface area (Å²) in [5.74, 6) is 0. The molecule has 0 amide bonds. The second-order valence-electron chi connectivity index (χ2n) is 9.03. The van der Waals surface area contributed by atoms with Gasteiger partial charge >= 0.3 is 5.69 Å². The van der Waals surface area contributed by atoms with Gasteiger partial charge < -0.3 is 4.57 Å². The minimum Gasteiger partial charge on any atom is -0.340 e. The lowest BCUT2D eigenvalue weighted by Crippen LogP contribution is -2.36. The maximum absolute atomic E-state index is 13.2. The standard InChI is InChI=1S/C25H26ClN3O2/c1-25(2,3)18-10-8-17(9-11-18)22-21-20(27(4)24(31)28(5)23(21)30)15-29(22)14-16-6-12-19(26)13-7-16/h6-13,15H,14H2,1-5H3. The van der Waals surface area contributed by atoms with Crippen LogP contribution < -0.4 is 11.2 Å². The van der Waals surface area contributed by atoms with Crippen molar-refractivity contribution in [3.05, 3.63) is 91.7 Å². The van der Waals surface area contributed by atoms with Gasteiger partial charge in [0.05, 0.1) is 16.6 Å². The number of hydrogen-bond acceptors (Lipinski definition) is 2. The monoisotopic (exact) mass is 435 g/mol. The average Bonchev–Trinajstić information content (AvgIpc) is 3.11. The van der Waals surface area contributed by atoms with Crippen molar-refractivity contribution in [2.75, 3.05) is 0 Å². The zero-order valence-electron chi connectivity index (χ0n) is 18.4. The molecule has 4 aromatic rings. The van der Waals surface area contributed by atoms with Crippen molar-refractivity contribution >= 4 is 22.5 Å². The lowest BCUT2D eigenvalue weighted by Gasteiger charge is -2.19. The number of nitrogens with zero attached hydrogens (tertiary/aromatic N) is 3. The number of rotatable bonds is 3. The molecule has 0 aliphatic heterocycles. The Labute approximate surface area is 186 Å². The van der Waals surface area contributed by atoms with Gasteiger partial charge in [0.2, 0.25) is 0 Å². The summed E-state index contributed by atoms with van der Waals surface area (Å²) in [5.41, 5.74) is 4.05. The molecule has 0 N–H and O–H groups in total. The molecule has 0 atom stereocenters. The van der Waals surface area contributed by atoms with E-state index in [-0.39, 0.29) is 16.7 Å². The summed E-state index contributed by atoms with van der Waals surface area (Å²) in [6.45, 7) is 7.07. The van der Waals surface area contributed by atoms with E-state index < -0.39 is 0 Å². The van der Waals surface area contributed by atoms with Gasteiger partial charge in [-0.05, 0) is 34.2 Å². The fraction of sp³-hybridized carbons (Fsp3) is 0.280. The van der Waals surface area contributed by atoms with Gasteiger partial charge in [-0.2, -0.15) is 0 Å². The predicted octanol–water partition coefficient (Wildman–Crippen LogP) is 4.70. The quantitative estimate of drug-likeness (QED) is 0.468. The van der Waals surface area contributed by atoms with Crippen LogP contribution in [0, 0.1) is 0 Å². The van der Waals surface area contributed by atoms with Crippen LogP contribution >= 0.6 is 11.6 Å². The molecule has 0 fully saturated rings. The van der Waals surface area contributed by atoms with Crippen LogP contribution in [0.1, 0.15) is 31.9 Å². The van der Waals surface area contributed by atoms with Crippen LogP contribution in [-0.2, 0) is 26.1 Å². The van der Waals surface area contributed by atoms with Crippen LogP contribution in [0.4, 0.5) is 0 Å². The first kappa shape index (κ1) is 21.2. The third-order valence-electron chi connectivity index (χ3n) is 5.80. The largest absolute Gasteiger partial charge is 0.340 e. The minimum atomic E-state index is -0.337. The average molecular weight is 436 g/mol. The van der Waals surface area contributed by atoms with E-state index in [0.29, 0.717) is 22.5 Å². The Morgan fingerprint density at radius 2 is 1.48 bits per heavy atom. The van der Waals surface area contributed by atoms with Crippen LogP contribution in [0.2, 0.25) is 5.02 Å². The number of halogens is 1. The summed E-state index contributed by atoms with van der Waals surface area (Å²) in [5, 5.41) is 1.22. The zero-order chi connectivity index (χ0) is 22.5. The van der Waals surface area contributed by atoms with Crippen molar-refractivity contribution in [1.29, 1.82) is 0 Å². The van der Waals surface area contributed by atoms with Crippen molar-refractivity contribution in [1.82, 2.24) is 13.7 Å². The maximum Gasteiger partial charge on any atom is 0.330 e. The summed E-state index contributed by atoms with van der Waals surface area (Å²) in [6.07, 6.45) is 1.89. The van der Waals surface area contributed by atoms with Crippen molar-refractivity contribution in [3.63, 3.8) is 0 Å². The third-order valence-corrected chi connectivity index (χ3v) is 6.05. The molecule has 0 saturated heterocycles. The second kappa shape index (κ2) is 7.57. The molecular weight excluding hydrogens is 410 g/mol. The SMILES string of the molecule is Cn1c(=O)c2c(-c3ccc(C(C)(C)C)cc3)n(Cc3ccc(Cl)cc3)cc2n(C)c1=O. The summed E-state index contributed by atoms with van der Waals surface area (Å²) in [6, 6.07) is 16.0. The fourth-order valence-corrected chi connectivity index (χ4v) is 4.06. The number of fused-ring (bicyclic) bond motifs is 1. The van der Waals surface area contributed by atoms with Gasteiger partial charge in [0.15, 0.2) is 0 Å². The van der Waals surface area contributed by atoms with Crippen LogP contribution in [-0.4, -0.2) is 13.7 Å². The van der Waals surface area contributed by atoms with Gasteiger partial charge in [-0.1, -0.05) is 68.8 Å². The lowest BCUT2D eigenvalue weighted by atomic mass is 9.86. The summed E-state index contributed by atoms with van der Waals surface area (Å²) < 4.78 is 4.74. The number of benzene rings is 2. The zero-order valence-corrected chi connectivity index (χ0v) is 19.2. The van der Waals surface area contributed by atoms with E-state index in [1.54, 1.807) is 7.05 Å². The van der Waals surface area contributed by atoms with E-state index in [4.69, 9.17) is 11.6 Å². The third kappa shape index (κ3) is 3.74. The molecule has 5 nitrogen and oxygen atoms in total. The molecule has 31 heavy (non-hydrogen) atoms. The van der Waals surface area contributed by atoms with E-state index in [1.165, 1.54) is 21.7 Å². The van der Waals surface area contributed by atoms with Gasteiger partial charge in [-0.3, -0.25) is 13.9 Å². The summed E-state index contributed by atoms with van der Waals surface area (Å²) in [4.78, 5) is 25.7. The topological polar surface area (TPSA) is 48.9 Å². The Hall–Kier alpha value is -3.05. The van der Waals surface area contributed by atoms with E-state index >= 15 is 0 Å². The van der Waals surface area contributed by atoms with Crippen LogP contribution in [0.25, 0.3) is 22.2 Å². The Bertz CT molecular complexity index is 1380. The van der Waals surface area contributed by atoms with Gasteiger partial charge in [-0.15, -0.1) is 0 Å². The molecule has 0 aliphatic carbocycles. The lowest BCUT2D eigenvalue weighted by molar-refractivity contribution is 0.590. The Kier molecular flexibility index (Phi) is 5.18. The second-order valence-corrected chi connectivity index (χ2v) is 9.46. The number of aromatic nitrogens is 3. The van der Waals surface area contributed by atoms with Crippen molar-refractivity contribution in [2.24, 2.45) is 14.1 Å². The smallest absolute Gasteiger partial charge is 0.330 e. The maximum atomic E-state index is 13.2. The van der Waals surface area contributed by atoms with Crippen molar-refractivity contribution in [2.45, 2.75) is 32.7 Å². The van der Waals surface area contributed by atoms with E-state index in [9.17, 15) is 9.59 Å². The Balaban J connectivity index is 1.99. The van der Waals surface area contributed by atoms with E-state index in [2.05, 4.69) is 45.0 Å². The van der Waals surface area contributed by atoms with Gasteiger partial charge in [0, 0.05) is 31.9 Å². The Morgan fingerprint density at radius 1 is 0.871 bits per heavy atom. The highest BCUT2D eigenvalue weighted by Gasteiger charge is 2.20. The van der Waals surface area contributed by atoms with Crippen LogP contribution in [0.15, 0.2) is 64.3 Å². The number of aryl methyl sites for hydroxylation is 1. The molecule has 0 unspecified atom stereocenters. The molecule has 0 aliphatic rings. The molecule has 160 valence electrons. The first-order valence-corrected chi connectivity index (χ1v) is 10.6. The van der Waals surface area contributed by atoms with E-state index in [0.717, 1.165) is 16.8 Å². The first-order chi connectivity index (χ1) is 14.6. The summed E-state index contributed by atoms with van der Waals surface area (Å²) in [7, 11) is 3.22. The normalized spacial score (nSPS) is 11.9. The number of hydrogen-bond donors (Lipinski definition) is 0. The molecule has 0 spiro atoms. The molecule has 2 heterocycles. The minimum absolute atomic E-state index is 0.0337. The molecule has 2 aromatic carbocycles. The molecular formula is C25H26ClN3O2. The highest BCUT2D eigenvalue weighted by atomic mass is 35.5. The molecule has 6 heteroatoms. The van der Waals surface area contributed by atoms with Gasteiger partial charge in [0.25, 0.3) is 5.56 Å². The van der Waals surface area contributed by atoms with Gasteiger partial charge in [0.1, 0.15) is 0 Å². The van der Waals surface area contributed by atoms with E-state index in [1.807, 2.05) is 35.0 Å². The van der Waals surface area contributed by atoms with Crippen molar-refractivity contribution < 1.29 is 0 Å². The first-order valence-electron chi connectivity index (χ1n) is 10.2. The fourth-order valence-electron chi connectivity index (χ4n) is 3.94. The summed E-state index contributed by atoms with van der Waals surface area (Å²) >= 11 is 6.05. The molecule has 4 rings (SSSR count). The van der Waals surface area contributed by atoms with Gasteiger partial charge in [-0.25, -0.2) is 4.79 Å².